The van der Waals surface area contributed by atoms with Crippen molar-refractivity contribution in [1.29, 1.82) is 0 Å². The van der Waals surface area contributed by atoms with Gasteiger partial charge in [0, 0.05) is 12.6 Å². The monoisotopic (exact) mass is 293 g/mol. The number of nitrogens with one attached hydrogen (secondary N) is 1. The number of rotatable bonds is 1. The summed E-state index contributed by atoms with van der Waals surface area (Å²) in [5.74, 6) is 0. The largest absolute Gasteiger partial charge is 0.364 e. The van der Waals surface area contributed by atoms with Crippen molar-refractivity contribution in [3.8, 4) is 0 Å². The molecule has 0 amide bonds. The highest BCUT2D eigenvalue weighted by Crippen LogP contribution is 2.35. The van der Waals surface area contributed by atoms with Crippen LogP contribution < -0.4 is 5.32 Å². The van der Waals surface area contributed by atoms with E-state index in [0.29, 0.717) is 12.1 Å². The lowest BCUT2D eigenvalue weighted by Crippen LogP contribution is -2.45. The molecule has 2 aromatic carbocycles. The lowest BCUT2D eigenvalue weighted by Gasteiger charge is -2.38. The van der Waals surface area contributed by atoms with Crippen molar-refractivity contribution in [2.45, 2.75) is 50.5 Å². The average molecular weight is 293 g/mol. The van der Waals surface area contributed by atoms with Crippen molar-refractivity contribution >= 4 is 0 Å². The molecule has 2 heteroatoms. The molecule has 4 rings (SSSR count). The molecule has 1 heterocycles. The van der Waals surface area contributed by atoms with Crippen LogP contribution >= 0.6 is 0 Å². The first-order valence-corrected chi connectivity index (χ1v) is 8.43. The number of fused-ring (bicyclic) bond motifs is 2. The molecule has 0 radical (unpaired) electrons. The third kappa shape index (κ3) is 2.69. The third-order valence-corrected chi connectivity index (χ3v) is 5.01. The molecule has 2 aliphatic rings. The van der Waals surface area contributed by atoms with E-state index in [1.807, 2.05) is 0 Å². The molecule has 1 saturated carbocycles. The summed E-state index contributed by atoms with van der Waals surface area (Å²) in [5.41, 5.74) is 3.94. The molecule has 3 atom stereocenters. The first-order valence-electron chi connectivity index (χ1n) is 8.43. The number of hydrogen-bond donors (Lipinski definition) is 1. The molecule has 22 heavy (non-hydrogen) atoms. The normalized spacial score (nSPS) is 28.1. The van der Waals surface area contributed by atoms with Crippen LogP contribution in [0.5, 0.6) is 0 Å². The first-order chi connectivity index (χ1) is 10.9. The van der Waals surface area contributed by atoms with Gasteiger partial charge in [0.05, 0.1) is 6.10 Å². The molecule has 1 fully saturated rings. The van der Waals surface area contributed by atoms with Crippen LogP contribution in [0.1, 0.15) is 48.5 Å². The Bertz CT molecular complexity index is 625. The molecule has 0 aromatic heterocycles. The Morgan fingerprint density at radius 1 is 0.864 bits per heavy atom. The molecule has 1 aliphatic heterocycles. The standard InChI is InChI=1S/C20H23NO/c1-2-8-15(9-3-1)20-17-11-5-4-10-16(17)14-21-18-12-6-7-13-19(18)22-20/h1-5,8-11,18-21H,6-7,12-14H2/t18-,19+,20-/m0/s1. The molecule has 2 nitrogen and oxygen atoms in total. The van der Waals surface area contributed by atoms with Gasteiger partial charge < -0.3 is 10.1 Å². The van der Waals surface area contributed by atoms with Crippen LogP contribution in [0.4, 0.5) is 0 Å². The Morgan fingerprint density at radius 2 is 1.64 bits per heavy atom. The Morgan fingerprint density at radius 3 is 2.55 bits per heavy atom. The smallest absolute Gasteiger partial charge is 0.108 e. The topological polar surface area (TPSA) is 21.3 Å². The average Bonchev–Trinajstić information content (AvgIpc) is 2.58. The SMILES string of the molecule is c1ccc([C@@H]2O[C@@H]3CCCC[C@@H]3NCc3ccccc32)cc1. The number of ether oxygens (including phenoxy) is 1. The van der Waals surface area contributed by atoms with Crippen LogP contribution in [0.2, 0.25) is 0 Å². The van der Waals surface area contributed by atoms with Gasteiger partial charge in [0.25, 0.3) is 0 Å². The maximum absolute atomic E-state index is 6.65. The van der Waals surface area contributed by atoms with Crippen molar-refractivity contribution in [2.24, 2.45) is 0 Å². The summed E-state index contributed by atoms with van der Waals surface area (Å²) < 4.78 is 6.65. The zero-order chi connectivity index (χ0) is 14.8. The van der Waals surface area contributed by atoms with Crippen LogP contribution in [-0.2, 0) is 11.3 Å². The lowest BCUT2D eigenvalue weighted by molar-refractivity contribution is -0.0354. The highest BCUT2D eigenvalue weighted by atomic mass is 16.5. The van der Waals surface area contributed by atoms with Gasteiger partial charge in [0.15, 0.2) is 0 Å². The quantitative estimate of drug-likeness (QED) is 0.850. The molecule has 2 aromatic rings. The lowest BCUT2D eigenvalue weighted by atomic mass is 9.89. The van der Waals surface area contributed by atoms with E-state index in [0.717, 1.165) is 6.54 Å². The van der Waals surface area contributed by atoms with Gasteiger partial charge >= 0.3 is 0 Å². The molecule has 0 bridgehead atoms. The van der Waals surface area contributed by atoms with E-state index >= 15 is 0 Å². The fourth-order valence-corrected chi connectivity index (χ4v) is 3.82. The molecular weight excluding hydrogens is 270 g/mol. The summed E-state index contributed by atoms with van der Waals surface area (Å²) in [6.07, 6.45) is 5.39. The fraction of sp³-hybridized carbons (Fsp3) is 0.400. The highest BCUT2D eigenvalue weighted by molar-refractivity contribution is 5.36. The first kappa shape index (κ1) is 14.0. The van der Waals surface area contributed by atoms with Gasteiger partial charge in [-0.25, -0.2) is 0 Å². The van der Waals surface area contributed by atoms with Gasteiger partial charge in [-0.2, -0.15) is 0 Å². The van der Waals surface area contributed by atoms with Crippen molar-refractivity contribution in [2.75, 3.05) is 0 Å². The van der Waals surface area contributed by atoms with Crippen LogP contribution in [0.15, 0.2) is 54.6 Å². The Hall–Kier alpha value is -1.64. The Kier molecular flexibility index (Phi) is 3.96. The fourth-order valence-electron chi connectivity index (χ4n) is 3.82. The van der Waals surface area contributed by atoms with Crippen molar-refractivity contribution in [1.82, 2.24) is 5.32 Å². The highest BCUT2D eigenvalue weighted by Gasteiger charge is 2.32. The van der Waals surface area contributed by atoms with E-state index in [-0.39, 0.29) is 6.10 Å². The molecule has 1 N–H and O–H groups in total. The summed E-state index contributed by atoms with van der Waals surface area (Å²) in [7, 11) is 0. The predicted octanol–water partition coefficient (Wildman–Crippen LogP) is 4.21. The minimum atomic E-state index is 0.0603. The summed E-state index contributed by atoms with van der Waals surface area (Å²) >= 11 is 0. The molecule has 114 valence electrons. The minimum Gasteiger partial charge on any atom is -0.364 e. The third-order valence-electron chi connectivity index (χ3n) is 5.01. The number of hydrogen-bond acceptors (Lipinski definition) is 2. The van der Waals surface area contributed by atoms with Gasteiger partial charge in [0.1, 0.15) is 6.10 Å². The maximum atomic E-state index is 6.65. The van der Waals surface area contributed by atoms with Crippen molar-refractivity contribution < 1.29 is 4.74 Å². The van der Waals surface area contributed by atoms with Gasteiger partial charge in [-0.1, -0.05) is 67.4 Å². The number of benzene rings is 2. The van der Waals surface area contributed by atoms with Gasteiger partial charge in [-0.15, -0.1) is 0 Å². The van der Waals surface area contributed by atoms with Crippen molar-refractivity contribution in [3.05, 3.63) is 71.3 Å². The predicted molar refractivity (Wildman–Crippen MR) is 88.7 cm³/mol. The van der Waals surface area contributed by atoms with Gasteiger partial charge in [-0.3, -0.25) is 0 Å². The zero-order valence-electron chi connectivity index (χ0n) is 12.9. The minimum absolute atomic E-state index is 0.0603. The summed E-state index contributed by atoms with van der Waals surface area (Å²) in [4.78, 5) is 0. The molecule has 0 spiro atoms. The van der Waals surface area contributed by atoms with E-state index in [4.69, 9.17) is 4.74 Å². The summed E-state index contributed by atoms with van der Waals surface area (Å²) in [5, 5.41) is 3.73. The van der Waals surface area contributed by atoms with Gasteiger partial charge in [-0.05, 0) is 29.5 Å². The van der Waals surface area contributed by atoms with Crippen LogP contribution in [0.25, 0.3) is 0 Å². The molecular formula is C20H23NO. The van der Waals surface area contributed by atoms with E-state index < -0.39 is 0 Å². The van der Waals surface area contributed by atoms with E-state index in [1.165, 1.54) is 42.4 Å². The van der Waals surface area contributed by atoms with Crippen molar-refractivity contribution in [3.63, 3.8) is 0 Å². The molecule has 1 aliphatic carbocycles. The second kappa shape index (κ2) is 6.23. The van der Waals surface area contributed by atoms with Gasteiger partial charge in [0.2, 0.25) is 0 Å². The second-order valence-electron chi connectivity index (χ2n) is 6.44. The van der Waals surface area contributed by atoms with Crippen LogP contribution in [-0.4, -0.2) is 12.1 Å². The van der Waals surface area contributed by atoms with E-state index in [9.17, 15) is 0 Å². The second-order valence-corrected chi connectivity index (χ2v) is 6.44. The maximum Gasteiger partial charge on any atom is 0.108 e. The Balaban J connectivity index is 1.75. The Labute approximate surface area is 132 Å². The van der Waals surface area contributed by atoms with Crippen LogP contribution in [0, 0.1) is 0 Å². The summed E-state index contributed by atoms with van der Waals surface area (Å²) in [6.45, 7) is 0.948. The summed E-state index contributed by atoms with van der Waals surface area (Å²) in [6, 6.07) is 19.9. The van der Waals surface area contributed by atoms with E-state index in [2.05, 4.69) is 59.9 Å². The van der Waals surface area contributed by atoms with Crippen LogP contribution in [0.3, 0.4) is 0 Å². The van der Waals surface area contributed by atoms with E-state index in [1.54, 1.807) is 0 Å². The molecule has 0 saturated heterocycles. The molecule has 0 unspecified atom stereocenters. The zero-order valence-corrected chi connectivity index (χ0v) is 12.9.